The number of benzene rings is 2. The molecule has 1 aliphatic heterocycles. The number of fused-ring (bicyclic) bond motifs is 2. The molecule has 142 valence electrons. The van der Waals surface area contributed by atoms with Crippen LogP contribution < -0.4 is 14.2 Å². The minimum absolute atomic E-state index is 0.467. The van der Waals surface area contributed by atoms with Crippen LogP contribution in [0.1, 0.15) is 18.1 Å². The third kappa shape index (κ3) is 3.51. The van der Waals surface area contributed by atoms with Gasteiger partial charge in [0.2, 0.25) is 5.88 Å². The van der Waals surface area contributed by atoms with Crippen LogP contribution in [0.15, 0.2) is 55.1 Å². The molecule has 1 N–H and O–H groups in total. The molecular formula is C22H20N2O3S. The minimum atomic E-state index is 0.467. The normalized spacial score (nSPS) is 11.8. The van der Waals surface area contributed by atoms with Crippen molar-refractivity contribution in [3.63, 3.8) is 0 Å². The standard InChI is InChI=1S/C22H20N2O3S/c1-3-12-26-16-10-8-14(9-11-16)20-23-21-17(22(28)24-20)13-15-6-5-7-18(25-4-2)19(15)27-21/h3,5-11H,1,4,12-13H2,2H3,(H,23,24,28). The molecule has 1 aromatic heterocycles. The topological polar surface area (TPSA) is 56.4 Å². The van der Waals surface area contributed by atoms with E-state index in [1.807, 2.05) is 49.4 Å². The number of aromatic amines is 1. The number of hydrogen-bond donors (Lipinski definition) is 1. The maximum atomic E-state index is 6.16. The number of nitrogens with zero attached hydrogens (tertiary/aromatic N) is 1. The lowest BCUT2D eigenvalue weighted by atomic mass is 10.0. The molecule has 0 amide bonds. The maximum Gasteiger partial charge on any atom is 0.205 e. The number of nitrogens with one attached hydrogen (secondary N) is 1. The van der Waals surface area contributed by atoms with Crippen LogP contribution in [0.2, 0.25) is 0 Å². The number of aromatic nitrogens is 2. The summed E-state index contributed by atoms with van der Waals surface area (Å²) in [5, 5.41) is 0. The highest BCUT2D eigenvalue weighted by Crippen LogP contribution is 2.42. The Morgan fingerprint density at radius 2 is 2.04 bits per heavy atom. The Morgan fingerprint density at radius 3 is 2.79 bits per heavy atom. The molecule has 3 aromatic rings. The van der Waals surface area contributed by atoms with Crippen LogP contribution >= 0.6 is 12.2 Å². The van der Waals surface area contributed by atoms with E-state index in [2.05, 4.69) is 16.5 Å². The monoisotopic (exact) mass is 392 g/mol. The molecule has 0 atom stereocenters. The Balaban J connectivity index is 1.68. The van der Waals surface area contributed by atoms with Gasteiger partial charge in [0.25, 0.3) is 0 Å². The van der Waals surface area contributed by atoms with Gasteiger partial charge >= 0.3 is 0 Å². The fourth-order valence-electron chi connectivity index (χ4n) is 3.10. The van der Waals surface area contributed by atoms with E-state index in [0.717, 1.165) is 33.9 Å². The second-order valence-electron chi connectivity index (χ2n) is 6.28. The van der Waals surface area contributed by atoms with Crippen molar-refractivity contribution >= 4 is 12.2 Å². The highest BCUT2D eigenvalue weighted by molar-refractivity contribution is 7.71. The summed E-state index contributed by atoms with van der Waals surface area (Å²) >= 11 is 5.54. The number of rotatable bonds is 6. The molecule has 0 saturated carbocycles. The number of ether oxygens (including phenoxy) is 3. The summed E-state index contributed by atoms with van der Waals surface area (Å²) in [4.78, 5) is 7.85. The molecule has 0 radical (unpaired) electrons. The molecule has 1 aliphatic rings. The second kappa shape index (κ2) is 7.86. The Labute approximate surface area is 168 Å². The molecule has 6 heteroatoms. The summed E-state index contributed by atoms with van der Waals surface area (Å²) in [5.41, 5.74) is 2.81. The van der Waals surface area contributed by atoms with Crippen molar-refractivity contribution in [3.8, 4) is 34.5 Å². The lowest BCUT2D eigenvalue weighted by Gasteiger charge is -2.22. The van der Waals surface area contributed by atoms with E-state index >= 15 is 0 Å². The summed E-state index contributed by atoms with van der Waals surface area (Å²) in [6, 6.07) is 13.5. The van der Waals surface area contributed by atoms with Gasteiger partial charge in [0.15, 0.2) is 11.5 Å². The van der Waals surface area contributed by atoms with Gasteiger partial charge in [-0.25, -0.2) is 4.98 Å². The van der Waals surface area contributed by atoms with Crippen molar-refractivity contribution < 1.29 is 14.2 Å². The van der Waals surface area contributed by atoms with Gasteiger partial charge in [0.05, 0.1) is 12.2 Å². The number of H-pyrrole nitrogens is 1. The third-order valence-electron chi connectivity index (χ3n) is 4.40. The van der Waals surface area contributed by atoms with E-state index in [0.29, 0.717) is 36.0 Å². The zero-order chi connectivity index (χ0) is 19.5. The molecule has 5 nitrogen and oxygen atoms in total. The zero-order valence-corrected chi connectivity index (χ0v) is 16.3. The summed E-state index contributed by atoms with van der Waals surface area (Å²) in [6.07, 6.45) is 2.37. The van der Waals surface area contributed by atoms with Crippen LogP contribution in [0, 0.1) is 4.64 Å². The van der Waals surface area contributed by atoms with Gasteiger partial charge < -0.3 is 19.2 Å². The third-order valence-corrected chi connectivity index (χ3v) is 4.74. The van der Waals surface area contributed by atoms with E-state index < -0.39 is 0 Å². The first-order chi connectivity index (χ1) is 13.7. The Morgan fingerprint density at radius 1 is 1.21 bits per heavy atom. The minimum Gasteiger partial charge on any atom is -0.490 e. The van der Waals surface area contributed by atoms with Gasteiger partial charge in [0.1, 0.15) is 22.8 Å². The van der Waals surface area contributed by atoms with Crippen LogP contribution in [-0.2, 0) is 6.42 Å². The van der Waals surface area contributed by atoms with E-state index in [9.17, 15) is 0 Å². The highest BCUT2D eigenvalue weighted by Gasteiger charge is 2.23. The van der Waals surface area contributed by atoms with Crippen LogP contribution in [-0.4, -0.2) is 23.2 Å². The van der Waals surface area contributed by atoms with Crippen LogP contribution in [0.3, 0.4) is 0 Å². The molecule has 28 heavy (non-hydrogen) atoms. The molecule has 2 heterocycles. The zero-order valence-electron chi connectivity index (χ0n) is 15.5. The first-order valence-corrected chi connectivity index (χ1v) is 9.50. The van der Waals surface area contributed by atoms with Gasteiger partial charge in [0, 0.05) is 17.5 Å². The lowest BCUT2D eigenvalue weighted by Crippen LogP contribution is -2.09. The first kappa shape index (κ1) is 18.3. The van der Waals surface area contributed by atoms with Crippen molar-refractivity contribution in [2.24, 2.45) is 0 Å². The molecule has 4 rings (SSSR count). The van der Waals surface area contributed by atoms with Crippen LogP contribution in [0.5, 0.6) is 23.1 Å². The van der Waals surface area contributed by atoms with Crippen molar-refractivity contribution in [1.29, 1.82) is 0 Å². The van der Waals surface area contributed by atoms with Crippen molar-refractivity contribution in [2.45, 2.75) is 13.3 Å². The predicted molar refractivity (Wildman–Crippen MR) is 111 cm³/mol. The molecular weight excluding hydrogens is 372 g/mol. The summed E-state index contributed by atoms with van der Waals surface area (Å²) in [6.45, 7) is 6.64. The SMILES string of the molecule is C=CCOc1ccc(-c2nc(=S)c3c([nH]2)Oc2c(cccc2OCC)C3)cc1. The van der Waals surface area contributed by atoms with Gasteiger partial charge in [-0.1, -0.05) is 37.0 Å². The van der Waals surface area contributed by atoms with Gasteiger partial charge in [-0.05, 0) is 37.3 Å². The predicted octanol–water partition coefficient (Wildman–Crippen LogP) is 5.47. The van der Waals surface area contributed by atoms with Crippen molar-refractivity contribution in [2.75, 3.05) is 13.2 Å². The summed E-state index contributed by atoms with van der Waals surface area (Å²) < 4.78 is 17.9. The molecule has 0 bridgehead atoms. The smallest absolute Gasteiger partial charge is 0.205 e. The first-order valence-electron chi connectivity index (χ1n) is 9.09. The lowest BCUT2D eigenvalue weighted by molar-refractivity contribution is 0.315. The number of hydrogen-bond acceptors (Lipinski definition) is 5. The second-order valence-corrected chi connectivity index (χ2v) is 6.67. The largest absolute Gasteiger partial charge is 0.490 e. The van der Waals surface area contributed by atoms with Crippen LogP contribution in [0.25, 0.3) is 11.4 Å². The molecule has 0 spiro atoms. The molecule has 0 saturated heterocycles. The number of para-hydroxylation sites is 1. The molecule has 0 aliphatic carbocycles. The van der Waals surface area contributed by atoms with Crippen molar-refractivity contribution in [3.05, 3.63) is 70.9 Å². The van der Waals surface area contributed by atoms with E-state index in [4.69, 9.17) is 26.4 Å². The fourth-order valence-corrected chi connectivity index (χ4v) is 3.36. The van der Waals surface area contributed by atoms with Gasteiger partial charge in [-0.2, -0.15) is 0 Å². The Bertz CT molecular complexity index is 1070. The van der Waals surface area contributed by atoms with Crippen LogP contribution in [0.4, 0.5) is 0 Å². The van der Waals surface area contributed by atoms with E-state index in [1.54, 1.807) is 6.08 Å². The average molecular weight is 392 g/mol. The van der Waals surface area contributed by atoms with E-state index in [1.165, 1.54) is 0 Å². The highest BCUT2D eigenvalue weighted by atomic mass is 32.1. The fraction of sp³-hybridized carbons (Fsp3) is 0.182. The summed E-state index contributed by atoms with van der Waals surface area (Å²) in [5.74, 6) is 3.49. The van der Waals surface area contributed by atoms with Gasteiger partial charge in [-0.3, -0.25) is 0 Å². The van der Waals surface area contributed by atoms with Gasteiger partial charge in [-0.15, -0.1) is 0 Å². The Kier molecular flexibility index (Phi) is 5.12. The molecule has 0 unspecified atom stereocenters. The molecule has 0 fully saturated rings. The summed E-state index contributed by atoms with van der Waals surface area (Å²) in [7, 11) is 0. The quantitative estimate of drug-likeness (QED) is 0.348. The average Bonchev–Trinajstić information content (AvgIpc) is 2.72. The maximum absolute atomic E-state index is 6.16. The van der Waals surface area contributed by atoms with E-state index in [-0.39, 0.29) is 0 Å². The Hall–Kier alpha value is -3.12. The van der Waals surface area contributed by atoms with Crippen molar-refractivity contribution in [1.82, 2.24) is 9.97 Å². The molecule has 2 aromatic carbocycles.